The molecule has 0 spiro atoms. The zero-order valence-electron chi connectivity index (χ0n) is 15.5. The fraction of sp³-hybridized carbons (Fsp3) is 0.421. The van der Waals surface area contributed by atoms with Gasteiger partial charge in [-0.2, -0.15) is 0 Å². The number of hydrogen-bond donors (Lipinski definition) is 1. The van der Waals surface area contributed by atoms with E-state index in [1.54, 1.807) is 35.8 Å². The molecular weight excluding hydrogens is 386 g/mol. The standard InChI is InChI=1S/C19H24ClN3O3S/c1-4-9-21-17(24)13(3)27-19-22-16-12-14(20)7-8-15(16)18(25)23(19)10-6-11-26-5-2/h4,7-8,12-13H,1,5-6,9-11H2,2-3H3,(H,21,24). The van der Waals surface area contributed by atoms with Gasteiger partial charge in [-0.25, -0.2) is 4.98 Å². The molecule has 0 saturated heterocycles. The van der Waals surface area contributed by atoms with Gasteiger partial charge in [-0.1, -0.05) is 29.4 Å². The maximum atomic E-state index is 13.0. The van der Waals surface area contributed by atoms with Crippen LogP contribution in [0.3, 0.4) is 0 Å². The van der Waals surface area contributed by atoms with Crippen molar-refractivity contribution in [1.29, 1.82) is 0 Å². The third-order valence-electron chi connectivity index (χ3n) is 3.83. The van der Waals surface area contributed by atoms with Gasteiger partial charge in [0.1, 0.15) is 0 Å². The summed E-state index contributed by atoms with van der Waals surface area (Å²) in [5.74, 6) is -0.138. The number of ether oxygens (including phenoxy) is 1. The van der Waals surface area contributed by atoms with Gasteiger partial charge in [-0.3, -0.25) is 14.2 Å². The van der Waals surface area contributed by atoms with Crippen LogP contribution in [0.1, 0.15) is 20.3 Å². The Hall–Kier alpha value is -1.83. The second-order valence-electron chi connectivity index (χ2n) is 5.86. The summed E-state index contributed by atoms with van der Waals surface area (Å²) < 4.78 is 6.98. The zero-order valence-corrected chi connectivity index (χ0v) is 17.1. The van der Waals surface area contributed by atoms with Gasteiger partial charge >= 0.3 is 0 Å². The number of benzene rings is 1. The lowest BCUT2D eigenvalue weighted by atomic mass is 10.2. The number of carbonyl (C=O) groups excluding carboxylic acids is 1. The second kappa shape index (κ2) is 10.5. The Labute approximate surface area is 167 Å². The van der Waals surface area contributed by atoms with Gasteiger partial charge in [0.15, 0.2) is 5.16 Å². The number of amides is 1. The number of carbonyl (C=O) groups is 1. The molecule has 0 aliphatic rings. The molecule has 1 N–H and O–H groups in total. The third-order valence-corrected chi connectivity index (χ3v) is 5.15. The van der Waals surface area contributed by atoms with Crippen LogP contribution in [0.15, 0.2) is 40.8 Å². The Bertz CT molecular complexity index is 869. The average molecular weight is 410 g/mol. The molecule has 0 fully saturated rings. The van der Waals surface area contributed by atoms with E-state index in [-0.39, 0.29) is 11.5 Å². The molecule has 1 atom stereocenters. The average Bonchev–Trinajstić information content (AvgIpc) is 2.64. The molecule has 0 aliphatic heterocycles. The van der Waals surface area contributed by atoms with Crippen LogP contribution in [0.2, 0.25) is 5.02 Å². The number of hydrogen-bond acceptors (Lipinski definition) is 5. The third kappa shape index (κ3) is 5.82. The maximum absolute atomic E-state index is 13.0. The summed E-state index contributed by atoms with van der Waals surface area (Å²) in [5.41, 5.74) is 0.379. The van der Waals surface area contributed by atoms with Gasteiger partial charge in [0.25, 0.3) is 5.56 Å². The molecule has 1 aromatic carbocycles. The van der Waals surface area contributed by atoms with Crippen LogP contribution in [0.4, 0.5) is 0 Å². The lowest BCUT2D eigenvalue weighted by molar-refractivity contribution is -0.120. The van der Waals surface area contributed by atoms with E-state index in [0.717, 1.165) is 0 Å². The number of thioether (sulfide) groups is 1. The summed E-state index contributed by atoms with van der Waals surface area (Å²) >= 11 is 7.30. The molecule has 146 valence electrons. The molecule has 2 rings (SSSR count). The number of nitrogens with one attached hydrogen (secondary N) is 1. The van der Waals surface area contributed by atoms with E-state index in [2.05, 4.69) is 16.9 Å². The molecule has 0 aliphatic carbocycles. The van der Waals surface area contributed by atoms with Crippen molar-refractivity contribution in [2.24, 2.45) is 0 Å². The summed E-state index contributed by atoms with van der Waals surface area (Å²) in [6, 6.07) is 5.02. The Balaban J connectivity index is 2.36. The van der Waals surface area contributed by atoms with Crippen LogP contribution in [-0.2, 0) is 16.1 Å². The Kier molecular flexibility index (Phi) is 8.34. The molecule has 27 heavy (non-hydrogen) atoms. The minimum atomic E-state index is -0.411. The van der Waals surface area contributed by atoms with Crippen molar-refractivity contribution in [1.82, 2.24) is 14.9 Å². The van der Waals surface area contributed by atoms with Crippen molar-refractivity contribution < 1.29 is 9.53 Å². The van der Waals surface area contributed by atoms with Crippen molar-refractivity contribution in [2.45, 2.75) is 37.2 Å². The molecule has 1 heterocycles. The van der Waals surface area contributed by atoms with Gasteiger partial charge in [-0.05, 0) is 38.5 Å². The fourth-order valence-corrected chi connectivity index (χ4v) is 3.58. The highest BCUT2D eigenvalue weighted by Crippen LogP contribution is 2.24. The molecule has 1 unspecified atom stereocenters. The van der Waals surface area contributed by atoms with Crippen molar-refractivity contribution in [2.75, 3.05) is 19.8 Å². The lowest BCUT2D eigenvalue weighted by Gasteiger charge is -2.16. The summed E-state index contributed by atoms with van der Waals surface area (Å²) in [5, 5.41) is 3.86. The zero-order chi connectivity index (χ0) is 19.8. The van der Waals surface area contributed by atoms with E-state index in [9.17, 15) is 9.59 Å². The first-order valence-corrected chi connectivity index (χ1v) is 10.1. The predicted molar refractivity (Wildman–Crippen MR) is 111 cm³/mol. The minimum Gasteiger partial charge on any atom is -0.382 e. The van der Waals surface area contributed by atoms with Crippen LogP contribution >= 0.6 is 23.4 Å². The van der Waals surface area contributed by atoms with Crippen molar-refractivity contribution >= 4 is 40.2 Å². The highest BCUT2D eigenvalue weighted by Gasteiger charge is 2.19. The van der Waals surface area contributed by atoms with E-state index in [4.69, 9.17) is 16.3 Å². The van der Waals surface area contributed by atoms with Gasteiger partial charge < -0.3 is 10.1 Å². The van der Waals surface area contributed by atoms with Gasteiger partial charge in [-0.15, -0.1) is 6.58 Å². The van der Waals surface area contributed by atoms with E-state index in [0.29, 0.717) is 53.8 Å². The number of halogens is 1. The van der Waals surface area contributed by atoms with Crippen molar-refractivity contribution in [3.05, 3.63) is 46.2 Å². The highest BCUT2D eigenvalue weighted by molar-refractivity contribution is 8.00. The van der Waals surface area contributed by atoms with Crippen LogP contribution in [0, 0.1) is 0 Å². The highest BCUT2D eigenvalue weighted by atomic mass is 35.5. The van der Waals surface area contributed by atoms with Crippen LogP contribution in [0.25, 0.3) is 10.9 Å². The molecular formula is C19H24ClN3O3S. The Morgan fingerprint density at radius 2 is 2.30 bits per heavy atom. The lowest BCUT2D eigenvalue weighted by Crippen LogP contribution is -2.32. The molecule has 8 heteroatoms. The summed E-state index contributed by atoms with van der Waals surface area (Å²) in [6.07, 6.45) is 2.30. The largest absolute Gasteiger partial charge is 0.382 e. The van der Waals surface area contributed by atoms with Gasteiger partial charge in [0.2, 0.25) is 5.91 Å². The van der Waals surface area contributed by atoms with E-state index < -0.39 is 5.25 Å². The summed E-state index contributed by atoms with van der Waals surface area (Å²) in [4.78, 5) is 29.7. The molecule has 0 radical (unpaired) electrons. The number of aromatic nitrogens is 2. The minimum absolute atomic E-state index is 0.138. The molecule has 6 nitrogen and oxygen atoms in total. The summed E-state index contributed by atoms with van der Waals surface area (Å²) in [7, 11) is 0. The normalized spacial score (nSPS) is 12.1. The number of fused-ring (bicyclic) bond motifs is 1. The van der Waals surface area contributed by atoms with E-state index in [1.165, 1.54) is 11.8 Å². The Morgan fingerprint density at radius 1 is 1.52 bits per heavy atom. The van der Waals surface area contributed by atoms with Crippen molar-refractivity contribution in [3.8, 4) is 0 Å². The second-order valence-corrected chi connectivity index (χ2v) is 7.60. The first-order chi connectivity index (χ1) is 13.0. The van der Waals surface area contributed by atoms with E-state index in [1.807, 2.05) is 6.92 Å². The smallest absolute Gasteiger partial charge is 0.262 e. The predicted octanol–water partition coefficient (Wildman–Crippen LogP) is 3.26. The molecule has 1 aromatic heterocycles. The van der Waals surface area contributed by atoms with Crippen LogP contribution in [-0.4, -0.2) is 40.5 Å². The van der Waals surface area contributed by atoms with E-state index >= 15 is 0 Å². The molecule has 2 aromatic rings. The molecule has 0 bridgehead atoms. The number of nitrogens with zero attached hydrogens (tertiary/aromatic N) is 2. The molecule has 1 amide bonds. The molecule has 0 saturated carbocycles. The Morgan fingerprint density at radius 3 is 3.00 bits per heavy atom. The number of rotatable bonds is 10. The first kappa shape index (κ1) is 21.5. The van der Waals surface area contributed by atoms with Gasteiger partial charge in [0, 0.05) is 31.3 Å². The summed E-state index contributed by atoms with van der Waals surface area (Å²) in [6.45, 7) is 9.35. The SMILES string of the molecule is C=CCNC(=O)C(C)Sc1nc2cc(Cl)ccc2c(=O)n1CCCOCC. The maximum Gasteiger partial charge on any atom is 0.262 e. The van der Waals surface area contributed by atoms with Crippen LogP contribution in [0.5, 0.6) is 0 Å². The monoisotopic (exact) mass is 409 g/mol. The first-order valence-electron chi connectivity index (χ1n) is 8.81. The fourth-order valence-electron chi connectivity index (χ4n) is 2.46. The van der Waals surface area contributed by atoms with Crippen LogP contribution < -0.4 is 10.9 Å². The van der Waals surface area contributed by atoms with Gasteiger partial charge in [0.05, 0.1) is 16.2 Å². The van der Waals surface area contributed by atoms with Crippen molar-refractivity contribution in [3.63, 3.8) is 0 Å². The topological polar surface area (TPSA) is 73.2 Å². The quantitative estimate of drug-likeness (QED) is 0.282.